The molecule has 0 aromatic carbocycles. The van der Waals surface area contributed by atoms with Crippen molar-refractivity contribution in [2.45, 2.75) is 33.2 Å². The minimum absolute atomic E-state index is 0.172. The summed E-state index contributed by atoms with van der Waals surface area (Å²) >= 11 is 0. The molecule has 0 aliphatic rings. The fraction of sp³-hybridized carbons (Fsp3) is 0.667. The molecule has 2 N–H and O–H groups in total. The first-order valence-corrected chi connectivity index (χ1v) is 6.08. The zero-order chi connectivity index (χ0) is 14.4. The van der Waals surface area contributed by atoms with Gasteiger partial charge in [0.05, 0.1) is 12.2 Å². The molecule has 0 amide bonds. The van der Waals surface area contributed by atoms with Crippen molar-refractivity contribution >= 4 is 0 Å². The molecule has 1 unspecified atom stereocenters. The lowest BCUT2D eigenvalue weighted by Gasteiger charge is -2.15. The maximum Gasteiger partial charge on any atom is 0.261 e. The Morgan fingerprint density at radius 3 is 2.68 bits per heavy atom. The molecule has 0 spiro atoms. The van der Waals surface area contributed by atoms with Crippen LogP contribution < -0.4 is 10.9 Å². The second-order valence-corrected chi connectivity index (χ2v) is 4.29. The summed E-state index contributed by atoms with van der Waals surface area (Å²) in [6.07, 6.45) is -2.45. The molecule has 108 valence electrons. The lowest BCUT2D eigenvalue weighted by atomic mass is 10.1. The topological polar surface area (TPSA) is 67.0 Å². The minimum Gasteiger partial charge on any atom is -0.374 e. The predicted molar refractivity (Wildman–Crippen MR) is 67.6 cm³/mol. The monoisotopic (exact) mass is 275 g/mol. The van der Waals surface area contributed by atoms with E-state index in [1.54, 1.807) is 13.8 Å². The van der Waals surface area contributed by atoms with E-state index in [0.717, 1.165) is 0 Å². The first-order chi connectivity index (χ1) is 8.91. The van der Waals surface area contributed by atoms with Crippen LogP contribution in [0.2, 0.25) is 0 Å². The number of nitrogens with one attached hydrogen (secondary N) is 2. The van der Waals surface area contributed by atoms with Gasteiger partial charge in [0, 0.05) is 18.3 Å². The van der Waals surface area contributed by atoms with E-state index in [-0.39, 0.29) is 18.2 Å². The van der Waals surface area contributed by atoms with Crippen molar-refractivity contribution in [1.29, 1.82) is 0 Å². The highest BCUT2D eigenvalue weighted by Gasteiger charge is 2.13. The Morgan fingerprint density at radius 2 is 2.11 bits per heavy atom. The van der Waals surface area contributed by atoms with Crippen molar-refractivity contribution in [2.75, 3.05) is 19.8 Å². The second kappa shape index (κ2) is 7.30. The molecule has 1 rings (SSSR count). The highest BCUT2D eigenvalue weighted by Crippen LogP contribution is 2.10. The van der Waals surface area contributed by atoms with Crippen molar-refractivity contribution in [3.63, 3.8) is 0 Å². The fourth-order valence-corrected chi connectivity index (χ4v) is 1.87. The van der Waals surface area contributed by atoms with E-state index in [9.17, 15) is 13.6 Å². The summed E-state index contributed by atoms with van der Waals surface area (Å²) < 4.78 is 28.4. The van der Waals surface area contributed by atoms with Gasteiger partial charge in [-0.15, -0.1) is 0 Å². The quantitative estimate of drug-likeness (QED) is 0.736. The van der Waals surface area contributed by atoms with E-state index in [1.807, 2.05) is 6.92 Å². The van der Waals surface area contributed by atoms with Gasteiger partial charge in [-0.1, -0.05) is 0 Å². The third-order valence-corrected chi connectivity index (χ3v) is 2.64. The molecule has 1 aromatic rings. The van der Waals surface area contributed by atoms with Gasteiger partial charge in [-0.2, -0.15) is 0 Å². The lowest BCUT2D eigenvalue weighted by molar-refractivity contribution is 0.0183. The van der Waals surface area contributed by atoms with Gasteiger partial charge in [-0.05, 0) is 20.8 Å². The van der Waals surface area contributed by atoms with E-state index >= 15 is 0 Å². The Bertz CT molecular complexity index is 463. The fourth-order valence-electron chi connectivity index (χ4n) is 1.87. The summed E-state index contributed by atoms with van der Waals surface area (Å²) in [5.41, 5.74) is 1.03. The molecular formula is C12H19F2N3O2. The molecule has 0 radical (unpaired) electrons. The standard InChI is InChI=1S/C12H19F2N3O2/c1-7(15-4-5-19-6-10(13)14)11-8(2)16-9(3)17-12(11)18/h7,10,15H,4-6H2,1-3H3,(H,16,17,18). The van der Waals surface area contributed by atoms with Gasteiger partial charge in [0.1, 0.15) is 12.4 Å². The van der Waals surface area contributed by atoms with Crippen LogP contribution in [0.4, 0.5) is 8.78 Å². The number of aromatic nitrogens is 2. The minimum atomic E-state index is -2.45. The van der Waals surface area contributed by atoms with Crippen molar-refractivity contribution in [3.05, 3.63) is 27.4 Å². The third kappa shape index (κ3) is 5.04. The number of hydrogen-bond acceptors (Lipinski definition) is 4. The average molecular weight is 275 g/mol. The largest absolute Gasteiger partial charge is 0.374 e. The molecule has 19 heavy (non-hydrogen) atoms. The molecule has 0 aliphatic carbocycles. The van der Waals surface area contributed by atoms with Crippen LogP contribution in [0.3, 0.4) is 0 Å². The lowest BCUT2D eigenvalue weighted by Crippen LogP contribution is -2.30. The molecule has 0 aliphatic heterocycles. The van der Waals surface area contributed by atoms with Gasteiger partial charge in [-0.3, -0.25) is 4.79 Å². The first-order valence-electron chi connectivity index (χ1n) is 6.08. The predicted octanol–water partition coefficient (Wildman–Crippen LogP) is 1.32. The number of halogens is 2. The number of rotatable bonds is 7. The van der Waals surface area contributed by atoms with Crippen LogP contribution in [-0.2, 0) is 4.74 Å². The van der Waals surface area contributed by atoms with Crippen LogP contribution in [0, 0.1) is 13.8 Å². The molecular weight excluding hydrogens is 256 g/mol. The van der Waals surface area contributed by atoms with Crippen LogP contribution in [0.15, 0.2) is 4.79 Å². The third-order valence-electron chi connectivity index (χ3n) is 2.64. The number of ether oxygens (including phenoxy) is 1. The number of hydrogen-bond donors (Lipinski definition) is 2. The molecule has 1 heterocycles. The molecule has 0 fully saturated rings. The van der Waals surface area contributed by atoms with Gasteiger partial charge >= 0.3 is 0 Å². The number of nitrogens with zero attached hydrogens (tertiary/aromatic N) is 1. The van der Waals surface area contributed by atoms with E-state index in [2.05, 4.69) is 15.3 Å². The van der Waals surface area contributed by atoms with Crippen molar-refractivity contribution in [2.24, 2.45) is 0 Å². The van der Waals surface area contributed by atoms with Gasteiger partial charge < -0.3 is 15.0 Å². The molecule has 1 aromatic heterocycles. The van der Waals surface area contributed by atoms with Gasteiger partial charge in [0.2, 0.25) is 0 Å². The average Bonchev–Trinajstić information content (AvgIpc) is 2.26. The molecule has 0 saturated heterocycles. The Morgan fingerprint density at radius 1 is 1.42 bits per heavy atom. The molecule has 1 atom stereocenters. The molecule has 7 heteroatoms. The maximum atomic E-state index is 11.8. The SMILES string of the molecule is Cc1nc(C)c(C(C)NCCOCC(F)F)c(=O)[nH]1. The molecule has 0 bridgehead atoms. The van der Waals surface area contributed by atoms with Crippen molar-refractivity contribution in [1.82, 2.24) is 15.3 Å². The Balaban J connectivity index is 2.50. The maximum absolute atomic E-state index is 11.8. The summed E-state index contributed by atoms with van der Waals surface area (Å²) in [6, 6.07) is -0.216. The normalized spacial score (nSPS) is 12.9. The number of aryl methyl sites for hydroxylation is 2. The summed E-state index contributed by atoms with van der Waals surface area (Å²) in [5, 5.41) is 3.04. The zero-order valence-corrected chi connectivity index (χ0v) is 11.3. The smallest absolute Gasteiger partial charge is 0.261 e. The summed E-state index contributed by atoms with van der Waals surface area (Å²) in [5.74, 6) is 0.568. The Kier molecular flexibility index (Phi) is 6.04. The highest BCUT2D eigenvalue weighted by atomic mass is 19.3. The van der Waals surface area contributed by atoms with E-state index < -0.39 is 13.0 Å². The van der Waals surface area contributed by atoms with Gasteiger partial charge in [-0.25, -0.2) is 13.8 Å². The van der Waals surface area contributed by atoms with Crippen LogP contribution in [0.25, 0.3) is 0 Å². The second-order valence-electron chi connectivity index (χ2n) is 4.29. The summed E-state index contributed by atoms with van der Waals surface area (Å²) in [6.45, 7) is 5.30. The van der Waals surface area contributed by atoms with Crippen LogP contribution in [0.5, 0.6) is 0 Å². The number of H-pyrrole nitrogens is 1. The van der Waals surface area contributed by atoms with Crippen LogP contribution in [-0.4, -0.2) is 36.2 Å². The highest BCUT2D eigenvalue weighted by molar-refractivity contribution is 5.19. The summed E-state index contributed by atoms with van der Waals surface area (Å²) in [4.78, 5) is 18.7. The zero-order valence-electron chi connectivity index (χ0n) is 11.3. The van der Waals surface area contributed by atoms with Crippen molar-refractivity contribution in [3.8, 4) is 0 Å². The molecule has 5 nitrogen and oxygen atoms in total. The number of alkyl halides is 2. The first kappa shape index (κ1) is 15.7. The van der Waals surface area contributed by atoms with E-state index in [1.165, 1.54) is 0 Å². The molecule has 0 saturated carbocycles. The van der Waals surface area contributed by atoms with E-state index in [4.69, 9.17) is 4.74 Å². The van der Waals surface area contributed by atoms with Gasteiger partial charge in [0.25, 0.3) is 12.0 Å². The van der Waals surface area contributed by atoms with E-state index in [0.29, 0.717) is 23.6 Å². The Hall–Kier alpha value is -1.34. The van der Waals surface area contributed by atoms with Crippen molar-refractivity contribution < 1.29 is 13.5 Å². The van der Waals surface area contributed by atoms with Crippen LogP contribution in [0.1, 0.15) is 30.0 Å². The summed E-state index contributed by atoms with van der Waals surface area (Å²) in [7, 11) is 0. The number of aromatic amines is 1. The van der Waals surface area contributed by atoms with Crippen LogP contribution >= 0.6 is 0 Å². The van der Waals surface area contributed by atoms with Gasteiger partial charge in [0.15, 0.2) is 0 Å². The Labute approximate surface area is 110 Å².